The van der Waals surface area contributed by atoms with Crippen LogP contribution in [0.4, 0.5) is 0 Å². The monoisotopic (exact) mass is 896 g/mol. The van der Waals surface area contributed by atoms with Crippen LogP contribution in [0.3, 0.4) is 0 Å². The second-order valence-corrected chi connectivity index (χ2v) is 18.8. The standard InChI is InChI=1S/C43H60O20/c1-17-22-12-27(59-20(4)45)42(8)35(21-10-11-55-15-21)61-37(53)36(43(17,42)63-26-14-25(58-19(3)44)40(5,6)24(41(22,26)7)13-28(46)54-9)62-39-34(52)32(50)30(48)23(60-39)16-56-38-33(51)31(49)29(47)18(2)57-38/h10-11,15,18,22-27,29-36,38-39,47-52H,1,12-14,16H2,2-9H3. The van der Waals surface area contributed by atoms with E-state index in [0.29, 0.717) is 11.1 Å². The van der Waals surface area contributed by atoms with Gasteiger partial charge in [-0.1, -0.05) is 27.4 Å². The zero-order valence-corrected chi connectivity index (χ0v) is 36.5. The summed E-state index contributed by atoms with van der Waals surface area (Å²) in [5.41, 5.74) is -4.97. The summed E-state index contributed by atoms with van der Waals surface area (Å²) in [6.07, 6.45) is -19.9. The van der Waals surface area contributed by atoms with Crippen molar-refractivity contribution < 1.29 is 96.9 Å². The van der Waals surface area contributed by atoms with Crippen LogP contribution < -0.4 is 0 Å². The van der Waals surface area contributed by atoms with E-state index in [4.69, 9.17) is 47.0 Å². The van der Waals surface area contributed by atoms with Crippen LogP contribution in [0.2, 0.25) is 0 Å². The number of hydrogen-bond acceptors (Lipinski definition) is 20. The summed E-state index contributed by atoms with van der Waals surface area (Å²) in [7, 11) is 1.26. The Morgan fingerprint density at radius 1 is 0.857 bits per heavy atom. The van der Waals surface area contributed by atoms with Crippen LogP contribution in [0.25, 0.3) is 0 Å². The number of furan rings is 1. The molecule has 0 aromatic carbocycles. The normalized spacial score (nSPS) is 46.7. The molecule has 0 amide bonds. The molecule has 4 aliphatic heterocycles. The summed E-state index contributed by atoms with van der Waals surface area (Å²) >= 11 is 0. The van der Waals surface area contributed by atoms with Crippen LogP contribution in [0, 0.1) is 28.1 Å². The first-order chi connectivity index (χ1) is 29.5. The number of esters is 4. The third kappa shape index (κ3) is 7.42. The minimum Gasteiger partial charge on any atom is -0.472 e. The molecule has 352 valence electrons. The van der Waals surface area contributed by atoms with Crippen LogP contribution in [0.1, 0.15) is 79.4 Å². The Hall–Kier alpha value is -3.54. The van der Waals surface area contributed by atoms with E-state index in [1.54, 1.807) is 13.0 Å². The SMILES string of the molecule is C=C1C2CC(OC(C)=O)C3(C)C(c4ccoc4)OC(=O)C(OC4OC(COC5OC(C)C(O)C(O)C5O)C(O)C(O)C4O)C13OC1CC(OC(C)=O)C(C)(C)C(CC(=O)OC)C12C. The number of fused-ring (bicyclic) bond motifs is 3. The molecule has 63 heavy (non-hydrogen) atoms. The Morgan fingerprint density at radius 2 is 1.49 bits per heavy atom. The van der Waals surface area contributed by atoms with Crippen molar-refractivity contribution in [2.75, 3.05) is 13.7 Å². The third-order valence-electron chi connectivity index (χ3n) is 15.1. The zero-order chi connectivity index (χ0) is 46.3. The maximum absolute atomic E-state index is 14.8. The number of carbonyl (C=O) groups excluding carboxylic acids is 4. The molecule has 6 fully saturated rings. The highest BCUT2D eigenvalue weighted by Crippen LogP contribution is 2.73. The summed E-state index contributed by atoms with van der Waals surface area (Å²) in [6, 6.07) is 1.57. The first-order valence-corrected chi connectivity index (χ1v) is 21.1. The number of ether oxygens (including phenoxy) is 9. The molecule has 1 aromatic rings. The van der Waals surface area contributed by atoms with Gasteiger partial charge in [-0.05, 0) is 43.7 Å². The molecule has 20 atom stereocenters. The number of hydrogen-bond donors (Lipinski definition) is 6. The largest absolute Gasteiger partial charge is 0.472 e. The van der Waals surface area contributed by atoms with Crippen LogP contribution >= 0.6 is 0 Å². The van der Waals surface area contributed by atoms with E-state index in [1.165, 1.54) is 40.4 Å². The van der Waals surface area contributed by atoms with Crippen LogP contribution in [-0.2, 0) is 61.8 Å². The molecule has 2 saturated carbocycles. The van der Waals surface area contributed by atoms with Gasteiger partial charge in [0.25, 0.3) is 0 Å². The second-order valence-electron chi connectivity index (χ2n) is 18.8. The minimum absolute atomic E-state index is 0.0606. The number of cyclic esters (lactones) is 1. The van der Waals surface area contributed by atoms with Crippen molar-refractivity contribution in [3.63, 3.8) is 0 Å². The maximum atomic E-state index is 14.8. The van der Waals surface area contributed by atoms with Crippen molar-refractivity contribution in [3.8, 4) is 0 Å². The lowest BCUT2D eigenvalue weighted by atomic mass is 9.40. The summed E-state index contributed by atoms with van der Waals surface area (Å²) in [5, 5.41) is 64.7. The van der Waals surface area contributed by atoms with E-state index < -0.39 is 156 Å². The van der Waals surface area contributed by atoms with Gasteiger partial charge in [0.15, 0.2) is 18.7 Å². The van der Waals surface area contributed by atoms with Crippen molar-refractivity contribution >= 4 is 23.9 Å². The molecule has 7 rings (SSSR count). The number of methoxy groups -OCH3 is 1. The van der Waals surface area contributed by atoms with Gasteiger partial charge in [-0.3, -0.25) is 14.4 Å². The highest BCUT2D eigenvalue weighted by atomic mass is 16.7. The maximum Gasteiger partial charge on any atom is 0.339 e. The topological polar surface area (TPSA) is 286 Å². The molecule has 20 heteroatoms. The van der Waals surface area contributed by atoms with Gasteiger partial charge in [-0.25, -0.2) is 4.79 Å². The van der Waals surface area contributed by atoms with E-state index in [9.17, 15) is 49.8 Å². The molecule has 4 saturated heterocycles. The van der Waals surface area contributed by atoms with Gasteiger partial charge in [0.2, 0.25) is 0 Å². The third-order valence-corrected chi connectivity index (χ3v) is 15.1. The first kappa shape index (κ1) is 47.4. The molecule has 2 bridgehead atoms. The van der Waals surface area contributed by atoms with Gasteiger partial charge >= 0.3 is 23.9 Å². The molecule has 1 aromatic heterocycles. The van der Waals surface area contributed by atoms with Gasteiger partial charge in [-0.15, -0.1) is 0 Å². The molecule has 20 unspecified atom stereocenters. The highest BCUT2D eigenvalue weighted by Gasteiger charge is 2.80. The number of aliphatic hydroxyl groups is 6. The molecule has 20 nitrogen and oxygen atoms in total. The lowest BCUT2D eigenvalue weighted by molar-refractivity contribution is -0.382. The van der Waals surface area contributed by atoms with E-state index in [2.05, 4.69) is 6.58 Å². The van der Waals surface area contributed by atoms with Crippen molar-refractivity contribution in [2.45, 2.75) is 165 Å². The Labute approximate surface area is 363 Å². The minimum atomic E-state index is -2.06. The Kier molecular flexibility index (Phi) is 12.8. The van der Waals surface area contributed by atoms with Gasteiger partial charge in [0, 0.05) is 43.1 Å². The van der Waals surface area contributed by atoms with E-state index in [0.717, 1.165) is 0 Å². The highest BCUT2D eigenvalue weighted by molar-refractivity contribution is 5.80. The lowest BCUT2D eigenvalue weighted by Gasteiger charge is -2.73. The predicted octanol–water partition coefficient (Wildman–Crippen LogP) is 0.113. The van der Waals surface area contributed by atoms with Crippen molar-refractivity contribution in [2.24, 2.45) is 28.1 Å². The lowest BCUT2D eigenvalue weighted by Crippen LogP contribution is -2.81. The molecular weight excluding hydrogens is 836 g/mol. The average Bonchev–Trinajstić information content (AvgIpc) is 3.76. The van der Waals surface area contributed by atoms with E-state index >= 15 is 0 Å². The zero-order valence-electron chi connectivity index (χ0n) is 36.5. The fourth-order valence-electron chi connectivity index (χ4n) is 11.6. The van der Waals surface area contributed by atoms with E-state index in [1.807, 2.05) is 20.8 Å². The molecule has 2 aliphatic carbocycles. The van der Waals surface area contributed by atoms with Crippen molar-refractivity contribution in [1.29, 1.82) is 0 Å². The summed E-state index contributed by atoms with van der Waals surface area (Å²) in [5.74, 6) is -4.20. The van der Waals surface area contributed by atoms with E-state index in [-0.39, 0.29) is 19.3 Å². The number of aliphatic hydroxyl groups excluding tert-OH is 6. The first-order valence-electron chi connectivity index (χ1n) is 21.1. The molecular formula is C43H60O20. The fourth-order valence-corrected chi connectivity index (χ4v) is 11.6. The Balaban J connectivity index is 1.33. The number of carbonyl (C=O) groups is 4. The predicted molar refractivity (Wildman–Crippen MR) is 208 cm³/mol. The summed E-state index contributed by atoms with van der Waals surface area (Å²) in [6.45, 7) is 15.3. The number of rotatable bonds is 10. The van der Waals surface area contributed by atoms with Gasteiger partial charge < -0.3 is 77.7 Å². The molecule has 6 N–H and O–H groups in total. The molecule has 1 spiro atoms. The van der Waals surface area contributed by atoms with Crippen molar-refractivity contribution in [3.05, 3.63) is 36.3 Å². The van der Waals surface area contributed by atoms with Crippen molar-refractivity contribution in [1.82, 2.24) is 0 Å². The van der Waals surface area contributed by atoms with Gasteiger partial charge in [-0.2, -0.15) is 0 Å². The van der Waals surface area contributed by atoms with Crippen LogP contribution in [0.15, 0.2) is 35.2 Å². The van der Waals surface area contributed by atoms with Gasteiger partial charge in [0.1, 0.15) is 66.6 Å². The smallest absolute Gasteiger partial charge is 0.339 e. The molecule has 6 aliphatic rings. The Morgan fingerprint density at radius 3 is 2.11 bits per heavy atom. The molecule has 5 heterocycles. The van der Waals surface area contributed by atoms with Gasteiger partial charge in [0.05, 0.1) is 43.9 Å². The summed E-state index contributed by atoms with van der Waals surface area (Å²) < 4.78 is 60.1. The average molecular weight is 897 g/mol. The Bertz CT molecular complexity index is 1900. The van der Waals surface area contributed by atoms with Crippen LogP contribution in [-0.4, -0.2) is 160 Å². The fraction of sp³-hybridized carbons (Fsp3) is 0.767. The van der Waals surface area contributed by atoms with Crippen LogP contribution in [0.5, 0.6) is 0 Å². The molecule has 0 radical (unpaired) electrons. The quantitative estimate of drug-likeness (QED) is 0.103. The summed E-state index contributed by atoms with van der Waals surface area (Å²) in [4.78, 5) is 53.9. The second kappa shape index (κ2) is 17.0.